The number of nitrogens with one attached hydrogen (secondary N) is 1. The lowest BCUT2D eigenvalue weighted by Crippen LogP contribution is -2.29. The fraction of sp³-hybridized carbons (Fsp3) is 0.227. The second-order valence-corrected chi connectivity index (χ2v) is 10.2. The predicted molar refractivity (Wildman–Crippen MR) is 126 cm³/mol. The molecular formula is C22H23ClN2O4S2. The van der Waals surface area contributed by atoms with Crippen molar-refractivity contribution in [2.24, 2.45) is 0 Å². The van der Waals surface area contributed by atoms with Crippen LogP contribution in [0.15, 0.2) is 71.3 Å². The van der Waals surface area contributed by atoms with Crippen molar-refractivity contribution in [3.63, 3.8) is 0 Å². The van der Waals surface area contributed by atoms with Crippen LogP contribution in [0.25, 0.3) is 0 Å². The predicted octanol–water partition coefficient (Wildman–Crippen LogP) is 4.56. The van der Waals surface area contributed by atoms with Gasteiger partial charge in [0.15, 0.2) is 0 Å². The Labute approximate surface area is 191 Å². The highest BCUT2D eigenvalue weighted by Crippen LogP contribution is 2.24. The lowest BCUT2D eigenvalue weighted by molar-refractivity contribution is 0.0956. The molecule has 0 fully saturated rings. The molecule has 164 valence electrons. The molecule has 31 heavy (non-hydrogen) atoms. The van der Waals surface area contributed by atoms with Crippen LogP contribution >= 0.6 is 23.4 Å². The van der Waals surface area contributed by atoms with Crippen LogP contribution in [0.4, 0.5) is 5.69 Å². The van der Waals surface area contributed by atoms with Gasteiger partial charge in [0.05, 0.1) is 30.5 Å². The van der Waals surface area contributed by atoms with Crippen LogP contribution in [-0.2, 0) is 22.3 Å². The number of carbonyl (C=O) groups is 1. The largest absolute Gasteiger partial charge is 0.468 e. The second-order valence-electron chi connectivity index (χ2n) is 6.80. The Balaban J connectivity index is 1.58. The monoisotopic (exact) mass is 478 g/mol. The molecule has 1 amide bonds. The van der Waals surface area contributed by atoms with Crippen molar-refractivity contribution >= 4 is 45.0 Å². The van der Waals surface area contributed by atoms with E-state index in [1.807, 2.05) is 18.2 Å². The van der Waals surface area contributed by atoms with E-state index in [4.69, 9.17) is 16.0 Å². The molecule has 0 radical (unpaired) electrons. The molecule has 1 N–H and O–H groups in total. The third-order valence-electron chi connectivity index (χ3n) is 4.45. The van der Waals surface area contributed by atoms with Crippen molar-refractivity contribution in [1.82, 2.24) is 5.32 Å². The molecule has 2 aromatic carbocycles. The number of furan rings is 1. The maximum Gasteiger partial charge on any atom is 0.251 e. The zero-order valence-electron chi connectivity index (χ0n) is 17.0. The van der Waals surface area contributed by atoms with Gasteiger partial charge in [0.2, 0.25) is 10.0 Å². The van der Waals surface area contributed by atoms with E-state index < -0.39 is 10.0 Å². The Kier molecular flexibility index (Phi) is 8.06. The highest BCUT2D eigenvalue weighted by molar-refractivity contribution is 7.98. The first-order valence-electron chi connectivity index (χ1n) is 9.54. The van der Waals surface area contributed by atoms with Crippen LogP contribution in [0, 0.1) is 0 Å². The van der Waals surface area contributed by atoms with Crippen LogP contribution in [0.1, 0.15) is 21.7 Å². The number of rotatable bonds is 10. The number of halogens is 1. The van der Waals surface area contributed by atoms with Crippen LogP contribution in [0.3, 0.4) is 0 Å². The minimum Gasteiger partial charge on any atom is -0.468 e. The average molecular weight is 479 g/mol. The van der Waals surface area contributed by atoms with E-state index in [-0.39, 0.29) is 12.5 Å². The summed E-state index contributed by atoms with van der Waals surface area (Å²) in [6.45, 7) is 0.630. The number of sulfonamides is 1. The van der Waals surface area contributed by atoms with Crippen molar-refractivity contribution in [2.45, 2.75) is 12.3 Å². The van der Waals surface area contributed by atoms with Crippen molar-refractivity contribution in [3.05, 3.63) is 88.8 Å². The SMILES string of the molecule is CS(=O)(=O)N(Cc1ccccc1Cl)c1ccc(C(=O)NCCSCc2ccco2)cc1. The van der Waals surface area contributed by atoms with Crippen molar-refractivity contribution in [3.8, 4) is 0 Å². The zero-order chi connectivity index (χ0) is 22.3. The number of hydrogen-bond acceptors (Lipinski definition) is 5. The van der Waals surface area contributed by atoms with Gasteiger partial charge < -0.3 is 9.73 Å². The maximum atomic E-state index is 12.4. The van der Waals surface area contributed by atoms with Gasteiger partial charge in [-0.1, -0.05) is 29.8 Å². The summed E-state index contributed by atoms with van der Waals surface area (Å²) < 4.78 is 31.2. The fourth-order valence-electron chi connectivity index (χ4n) is 2.87. The van der Waals surface area contributed by atoms with Crippen LogP contribution < -0.4 is 9.62 Å². The molecule has 0 bridgehead atoms. The van der Waals surface area contributed by atoms with E-state index in [1.54, 1.807) is 60.5 Å². The molecule has 3 rings (SSSR count). The lowest BCUT2D eigenvalue weighted by Gasteiger charge is -2.23. The highest BCUT2D eigenvalue weighted by atomic mass is 35.5. The summed E-state index contributed by atoms with van der Waals surface area (Å²) in [5.74, 6) is 2.20. The van der Waals surface area contributed by atoms with Crippen LogP contribution in [0.2, 0.25) is 5.02 Å². The summed E-state index contributed by atoms with van der Waals surface area (Å²) in [4.78, 5) is 12.4. The third-order valence-corrected chi connectivity index (χ3v) is 6.94. The van der Waals surface area contributed by atoms with Gasteiger partial charge in [-0.05, 0) is 48.0 Å². The normalized spacial score (nSPS) is 11.3. The number of nitrogens with zero attached hydrogens (tertiary/aromatic N) is 1. The van der Waals surface area contributed by atoms with Crippen molar-refractivity contribution < 1.29 is 17.6 Å². The first kappa shape index (κ1) is 23.2. The quantitative estimate of drug-likeness (QED) is 0.432. The van der Waals surface area contributed by atoms with Gasteiger partial charge >= 0.3 is 0 Å². The van der Waals surface area contributed by atoms with E-state index in [0.29, 0.717) is 28.4 Å². The Morgan fingerprint density at radius 1 is 1.10 bits per heavy atom. The summed E-state index contributed by atoms with van der Waals surface area (Å²) in [6, 6.07) is 17.3. The number of anilines is 1. The topological polar surface area (TPSA) is 79.6 Å². The van der Waals surface area contributed by atoms with Gasteiger partial charge in [0, 0.05) is 22.9 Å². The van der Waals surface area contributed by atoms with E-state index >= 15 is 0 Å². The molecule has 0 aliphatic carbocycles. The summed E-state index contributed by atoms with van der Waals surface area (Å²) in [5, 5.41) is 3.36. The average Bonchev–Trinajstić information content (AvgIpc) is 3.25. The molecule has 3 aromatic rings. The molecule has 0 unspecified atom stereocenters. The third kappa shape index (κ3) is 6.78. The van der Waals surface area contributed by atoms with Crippen molar-refractivity contribution in [2.75, 3.05) is 22.9 Å². The Morgan fingerprint density at radius 3 is 2.48 bits per heavy atom. The highest BCUT2D eigenvalue weighted by Gasteiger charge is 2.19. The molecule has 6 nitrogen and oxygen atoms in total. The molecule has 1 aromatic heterocycles. The first-order chi connectivity index (χ1) is 14.8. The van der Waals surface area contributed by atoms with Gasteiger partial charge in [0.1, 0.15) is 5.76 Å². The molecule has 9 heteroatoms. The number of benzene rings is 2. The summed E-state index contributed by atoms with van der Waals surface area (Å²) in [6.07, 6.45) is 2.78. The molecule has 0 spiro atoms. The van der Waals surface area contributed by atoms with E-state index in [0.717, 1.165) is 23.5 Å². The number of amides is 1. The Bertz CT molecular complexity index is 1100. The van der Waals surface area contributed by atoms with Crippen molar-refractivity contribution in [1.29, 1.82) is 0 Å². The maximum absolute atomic E-state index is 12.4. The molecule has 0 saturated carbocycles. The van der Waals surface area contributed by atoms with Gasteiger partial charge in [-0.3, -0.25) is 9.10 Å². The molecule has 0 aliphatic heterocycles. The number of hydrogen-bond donors (Lipinski definition) is 1. The Morgan fingerprint density at radius 2 is 1.84 bits per heavy atom. The van der Waals surface area contributed by atoms with E-state index in [9.17, 15) is 13.2 Å². The summed E-state index contributed by atoms with van der Waals surface area (Å²) in [5.41, 5.74) is 1.63. The molecule has 0 saturated heterocycles. The van der Waals surface area contributed by atoms with Gasteiger partial charge in [0.25, 0.3) is 5.91 Å². The van der Waals surface area contributed by atoms with Crippen LogP contribution in [0.5, 0.6) is 0 Å². The second kappa shape index (κ2) is 10.7. The molecule has 0 aliphatic rings. The number of thioether (sulfide) groups is 1. The fourth-order valence-corrected chi connectivity index (χ4v) is 4.70. The summed E-state index contributed by atoms with van der Waals surface area (Å²) in [7, 11) is -3.54. The smallest absolute Gasteiger partial charge is 0.251 e. The van der Waals surface area contributed by atoms with Gasteiger partial charge in [-0.25, -0.2) is 8.42 Å². The molecule has 1 heterocycles. The molecular weight excluding hydrogens is 456 g/mol. The standard InChI is InChI=1S/C22H23ClN2O4S2/c1-31(27,28)25(15-18-5-2-3-7-21(18)23)19-10-8-17(9-11-19)22(26)24-12-14-30-16-20-6-4-13-29-20/h2-11,13H,12,14-16H2,1H3,(H,24,26). The van der Waals surface area contributed by atoms with E-state index in [2.05, 4.69) is 5.32 Å². The summed E-state index contributed by atoms with van der Waals surface area (Å²) >= 11 is 7.86. The minimum absolute atomic E-state index is 0.108. The molecule has 0 atom stereocenters. The zero-order valence-corrected chi connectivity index (χ0v) is 19.3. The lowest BCUT2D eigenvalue weighted by atomic mass is 10.1. The Hall–Kier alpha value is -2.42. The van der Waals surface area contributed by atoms with Crippen LogP contribution in [-0.4, -0.2) is 32.9 Å². The first-order valence-corrected chi connectivity index (χ1v) is 12.9. The van der Waals surface area contributed by atoms with Gasteiger partial charge in [-0.15, -0.1) is 0 Å². The van der Waals surface area contributed by atoms with Gasteiger partial charge in [-0.2, -0.15) is 11.8 Å². The van der Waals surface area contributed by atoms with E-state index in [1.165, 1.54) is 4.31 Å². The number of carbonyl (C=O) groups excluding carboxylic acids is 1. The minimum atomic E-state index is -3.54.